The average molecular weight is 415 g/mol. The van der Waals surface area contributed by atoms with Crippen molar-refractivity contribution in [1.82, 2.24) is 14.8 Å². The number of thioether (sulfide) groups is 1. The molecule has 6 nitrogen and oxygen atoms in total. The summed E-state index contributed by atoms with van der Waals surface area (Å²) in [5.74, 6) is 2.21. The zero-order valence-electron chi connectivity index (χ0n) is 15.9. The van der Waals surface area contributed by atoms with Gasteiger partial charge in [0.05, 0.1) is 11.4 Å². The third-order valence-corrected chi connectivity index (χ3v) is 5.49. The number of fused-ring (bicyclic) bond motifs is 1. The van der Waals surface area contributed by atoms with Crippen molar-refractivity contribution in [2.45, 2.75) is 5.16 Å². The number of para-hydroxylation sites is 1. The van der Waals surface area contributed by atoms with Gasteiger partial charge in [-0.2, -0.15) is 0 Å². The summed E-state index contributed by atoms with van der Waals surface area (Å²) in [7, 11) is 0. The quantitative estimate of drug-likeness (QED) is 0.338. The van der Waals surface area contributed by atoms with Gasteiger partial charge in [0.15, 0.2) is 23.1 Å². The van der Waals surface area contributed by atoms with Gasteiger partial charge >= 0.3 is 0 Å². The molecule has 1 aliphatic rings. The van der Waals surface area contributed by atoms with Crippen molar-refractivity contribution in [3.05, 3.63) is 84.4 Å². The van der Waals surface area contributed by atoms with E-state index in [-0.39, 0.29) is 18.3 Å². The number of hydrogen-bond donors (Lipinski definition) is 0. The van der Waals surface area contributed by atoms with Gasteiger partial charge < -0.3 is 9.47 Å². The highest BCUT2D eigenvalue weighted by Gasteiger charge is 2.18. The Labute approximate surface area is 177 Å². The van der Waals surface area contributed by atoms with E-state index in [9.17, 15) is 4.79 Å². The molecule has 3 aromatic carbocycles. The minimum absolute atomic E-state index is 0.0179. The van der Waals surface area contributed by atoms with Gasteiger partial charge in [0.25, 0.3) is 0 Å². The van der Waals surface area contributed by atoms with Crippen LogP contribution in [0.2, 0.25) is 0 Å². The molecule has 30 heavy (non-hydrogen) atoms. The number of hydrogen-bond acceptors (Lipinski definition) is 6. The lowest BCUT2D eigenvalue weighted by Gasteiger charge is -2.05. The third kappa shape index (κ3) is 3.67. The normalized spacial score (nSPS) is 12.1. The summed E-state index contributed by atoms with van der Waals surface area (Å²) in [5.41, 5.74) is 2.46. The van der Waals surface area contributed by atoms with Crippen LogP contribution >= 0.6 is 11.8 Å². The Morgan fingerprint density at radius 1 is 0.933 bits per heavy atom. The van der Waals surface area contributed by atoms with Gasteiger partial charge in [-0.3, -0.25) is 4.79 Å². The fraction of sp³-hybridized carbons (Fsp3) is 0.0870. The summed E-state index contributed by atoms with van der Waals surface area (Å²) in [4.78, 5) is 17.4. The molecule has 0 aliphatic carbocycles. The molecule has 2 heterocycles. The molecule has 1 aromatic heterocycles. The molecule has 0 N–H and O–H groups in total. The van der Waals surface area contributed by atoms with Crippen molar-refractivity contribution in [2.75, 3.05) is 12.5 Å². The molecule has 0 atom stereocenters. The highest BCUT2D eigenvalue weighted by molar-refractivity contribution is 7.99. The zero-order valence-corrected chi connectivity index (χ0v) is 16.7. The van der Waals surface area contributed by atoms with E-state index in [1.807, 2.05) is 65.3 Å². The molecular weight excluding hydrogens is 398 g/mol. The van der Waals surface area contributed by atoms with E-state index in [1.54, 1.807) is 18.2 Å². The Morgan fingerprint density at radius 3 is 2.47 bits per heavy atom. The standard InChI is InChI=1S/C23H17N3O3S/c27-19(17-11-12-20-21(13-17)29-15-28-20)14-30-23-24-22(16-7-3-1-4-8-16)26(25-23)18-9-5-2-6-10-18/h1-13H,14-15H2. The Bertz CT molecular complexity index is 1140. The van der Waals surface area contributed by atoms with E-state index in [2.05, 4.69) is 5.10 Å². The molecule has 5 rings (SSSR count). The predicted molar refractivity (Wildman–Crippen MR) is 114 cm³/mol. The van der Waals surface area contributed by atoms with E-state index in [0.717, 1.165) is 17.1 Å². The van der Waals surface area contributed by atoms with Crippen LogP contribution in [-0.4, -0.2) is 33.1 Å². The van der Waals surface area contributed by atoms with Crippen LogP contribution in [0.3, 0.4) is 0 Å². The Hall–Kier alpha value is -3.58. The lowest BCUT2D eigenvalue weighted by atomic mass is 10.1. The van der Waals surface area contributed by atoms with Crippen LogP contribution in [0.5, 0.6) is 11.5 Å². The highest BCUT2D eigenvalue weighted by atomic mass is 32.2. The Balaban J connectivity index is 1.40. The van der Waals surface area contributed by atoms with Gasteiger partial charge in [-0.15, -0.1) is 5.10 Å². The first-order valence-electron chi connectivity index (χ1n) is 9.41. The Morgan fingerprint density at radius 2 is 1.67 bits per heavy atom. The SMILES string of the molecule is O=C(CSc1nc(-c2ccccc2)n(-c2ccccc2)n1)c1ccc2c(c1)OCO2. The fourth-order valence-corrected chi connectivity index (χ4v) is 3.88. The molecule has 0 bridgehead atoms. The number of rotatable bonds is 6. The molecule has 148 valence electrons. The maximum atomic E-state index is 12.7. The monoisotopic (exact) mass is 415 g/mol. The highest BCUT2D eigenvalue weighted by Crippen LogP contribution is 2.33. The molecule has 0 radical (unpaired) electrons. The van der Waals surface area contributed by atoms with Gasteiger partial charge in [-0.05, 0) is 30.3 Å². The number of nitrogens with zero attached hydrogens (tertiary/aromatic N) is 3. The van der Waals surface area contributed by atoms with Crippen LogP contribution in [0, 0.1) is 0 Å². The van der Waals surface area contributed by atoms with Crippen molar-refractivity contribution in [2.24, 2.45) is 0 Å². The molecule has 0 saturated carbocycles. The summed E-state index contributed by atoms with van der Waals surface area (Å²) < 4.78 is 12.5. The minimum atomic E-state index is -0.0179. The number of ketones is 1. The van der Waals surface area contributed by atoms with Crippen LogP contribution in [-0.2, 0) is 0 Å². The van der Waals surface area contributed by atoms with E-state index in [1.165, 1.54) is 11.8 Å². The topological polar surface area (TPSA) is 66.2 Å². The van der Waals surface area contributed by atoms with Crippen LogP contribution in [0.25, 0.3) is 17.1 Å². The third-order valence-electron chi connectivity index (χ3n) is 4.65. The lowest BCUT2D eigenvalue weighted by Crippen LogP contribution is -2.03. The maximum Gasteiger partial charge on any atom is 0.231 e. The van der Waals surface area contributed by atoms with Crippen molar-refractivity contribution in [3.8, 4) is 28.6 Å². The van der Waals surface area contributed by atoms with Crippen LogP contribution in [0.4, 0.5) is 0 Å². The van der Waals surface area contributed by atoms with Crippen LogP contribution in [0.1, 0.15) is 10.4 Å². The lowest BCUT2D eigenvalue weighted by molar-refractivity contribution is 0.102. The summed E-state index contributed by atoms with van der Waals surface area (Å²) in [6.07, 6.45) is 0. The largest absolute Gasteiger partial charge is 0.454 e. The van der Waals surface area contributed by atoms with Gasteiger partial charge in [0.1, 0.15) is 0 Å². The zero-order chi connectivity index (χ0) is 20.3. The first kappa shape index (κ1) is 18.4. The molecule has 1 aliphatic heterocycles. The van der Waals surface area contributed by atoms with Crippen molar-refractivity contribution in [1.29, 1.82) is 0 Å². The molecule has 0 amide bonds. The summed E-state index contributed by atoms with van der Waals surface area (Å²) in [6.45, 7) is 0.185. The first-order chi connectivity index (χ1) is 14.8. The van der Waals surface area contributed by atoms with Gasteiger partial charge in [-0.25, -0.2) is 9.67 Å². The van der Waals surface area contributed by atoms with E-state index in [4.69, 9.17) is 14.5 Å². The number of ether oxygens (including phenoxy) is 2. The maximum absolute atomic E-state index is 12.7. The number of carbonyl (C=O) groups excluding carboxylic acids is 1. The van der Waals surface area contributed by atoms with Crippen molar-refractivity contribution < 1.29 is 14.3 Å². The average Bonchev–Trinajstić information content (AvgIpc) is 3.45. The molecule has 0 unspecified atom stereocenters. The molecular formula is C23H17N3O3S. The van der Waals surface area contributed by atoms with Crippen LogP contribution < -0.4 is 9.47 Å². The summed E-state index contributed by atoms with van der Waals surface area (Å²) in [6, 6.07) is 25.0. The molecule has 0 spiro atoms. The fourth-order valence-electron chi connectivity index (χ4n) is 3.16. The van der Waals surface area contributed by atoms with Crippen molar-refractivity contribution in [3.63, 3.8) is 0 Å². The second-order valence-electron chi connectivity index (χ2n) is 6.61. The first-order valence-corrected chi connectivity index (χ1v) is 10.4. The molecule has 4 aromatic rings. The second kappa shape index (κ2) is 8.04. The molecule has 0 saturated heterocycles. The van der Waals surface area contributed by atoms with E-state index >= 15 is 0 Å². The number of benzene rings is 3. The van der Waals surface area contributed by atoms with Gasteiger partial charge in [0.2, 0.25) is 11.9 Å². The predicted octanol–water partition coefficient (Wildman–Crippen LogP) is 4.64. The van der Waals surface area contributed by atoms with Crippen LogP contribution in [0.15, 0.2) is 84.0 Å². The number of carbonyl (C=O) groups is 1. The summed E-state index contributed by atoms with van der Waals surface area (Å²) in [5, 5.41) is 5.20. The molecule has 0 fully saturated rings. The van der Waals surface area contributed by atoms with Gasteiger partial charge in [-0.1, -0.05) is 60.3 Å². The minimum Gasteiger partial charge on any atom is -0.454 e. The van der Waals surface area contributed by atoms with E-state index in [0.29, 0.717) is 22.2 Å². The van der Waals surface area contributed by atoms with Crippen molar-refractivity contribution >= 4 is 17.5 Å². The number of aromatic nitrogens is 3. The van der Waals surface area contributed by atoms with E-state index < -0.39 is 0 Å². The summed E-state index contributed by atoms with van der Waals surface area (Å²) >= 11 is 1.32. The Kier molecular flexibility index (Phi) is 4.94. The molecule has 7 heteroatoms. The second-order valence-corrected chi connectivity index (χ2v) is 7.55. The smallest absolute Gasteiger partial charge is 0.231 e. The van der Waals surface area contributed by atoms with Gasteiger partial charge in [0, 0.05) is 11.1 Å². The number of Topliss-reactive ketones (excluding diaryl/α,β-unsaturated/α-hetero) is 1.